The average Bonchev–Trinajstić information content (AvgIpc) is 2.69. The van der Waals surface area contributed by atoms with E-state index in [1.807, 2.05) is 17.8 Å². The Balaban J connectivity index is 2.08. The number of anilines is 1. The number of hydrogen-bond donors (Lipinski definition) is 1. The summed E-state index contributed by atoms with van der Waals surface area (Å²) in [5.41, 5.74) is 0. The van der Waals surface area contributed by atoms with Gasteiger partial charge in [-0.1, -0.05) is 18.0 Å². The van der Waals surface area contributed by atoms with Crippen LogP contribution in [0.1, 0.15) is 19.3 Å². The van der Waals surface area contributed by atoms with Crippen molar-refractivity contribution in [2.75, 3.05) is 11.6 Å². The zero-order valence-corrected chi connectivity index (χ0v) is 12.2. The molecule has 1 aromatic heterocycles. The average molecular weight is 322 g/mol. The second kappa shape index (κ2) is 5.61. The Kier molecular flexibility index (Phi) is 4.39. The molecule has 1 aliphatic carbocycles. The number of nitrogens with zero attached hydrogens (tertiary/aromatic N) is 1. The minimum absolute atomic E-state index is 0.528. The minimum Gasteiger partial charge on any atom is -0.365 e. The maximum Gasteiger partial charge on any atom is 0.140 e. The van der Waals surface area contributed by atoms with Gasteiger partial charge in [-0.3, -0.25) is 0 Å². The van der Waals surface area contributed by atoms with Crippen LogP contribution in [0, 0.1) is 0 Å². The zero-order chi connectivity index (χ0) is 11.5. The third-order valence-electron chi connectivity index (χ3n) is 2.89. The van der Waals surface area contributed by atoms with E-state index in [4.69, 9.17) is 11.6 Å². The van der Waals surface area contributed by atoms with E-state index in [9.17, 15) is 0 Å². The molecule has 2 nitrogen and oxygen atoms in total. The van der Waals surface area contributed by atoms with Crippen molar-refractivity contribution in [3.8, 4) is 0 Å². The second-order valence-electron chi connectivity index (χ2n) is 3.94. The van der Waals surface area contributed by atoms with Crippen LogP contribution in [-0.2, 0) is 0 Å². The number of nitrogens with one attached hydrogen (secondary N) is 1. The minimum atomic E-state index is 0.528. The normalized spacial score (nSPS) is 24.7. The third kappa shape index (κ3) is 2.84. The molecule has 2 rings (SSSR count). The molecule has 0 saturated heterocycles. The van der Waals surface area contributed by atoms with Crippen molar-refractivity contribution in [2.45, 2.75) is 30.6 Å². The molecule has 1 aromatic rings. The Bertz CT molecular complexity index is 375. The fourth-order valence-electron chi connectivity index (χ4n) is 2.07. The molecule has 0 amide bonds. The van der Waals surface area contributed by atoms with E-state index in [0.29, 0.717) is 16.3 Å². The van der Waals surface area contributed by atoms with Crippen LogP contribution >= 0.6 is 39.3 Å². The van der Waals surface area contributed by atoms with Gasteiger partial charge in [0.15, 0.2) is 0 Å². The molecule has 1 saturated carbocycles. The predicted octanol–water partition coefficient (Wildman–Crippen LogP) is 4.19. The topological polar surface area (TPSA) is 24.9 Å². The molecule has 0 bridgehead atoms. The fraction of sp³-hybridized carbons (Fsp3) is 0.545. The standard InChI is InChI=1S/C11H14BrClN2S/c1-16-10-4-2-3-9(10)15-11-8(12)5-7(13)6-14-11/h5-6,9-10H,2-4H2,1H3,(H,14,15). The Morgan fingerprint density at radius 3 is 3.06 bits per heavy atom. The van der Waals surface area contributed by atoms with E-state index < -0.39 is 0 Å². The number of hydrogen-bond acceptors (Lipinski definition) is 3. The molecule has 0 aromatic carbocycles. The van der Waals surface area contributed by atoms with Crippen molar-refractivity contribution in [1.82, 2.24) is 4.98 Å². The lowest BCUT2D eigenvalue weighted by Crippen LogP contribution is -2.26. The van der Waals surface area contributed by atoms with Gasteiger partial charge < -0.3 is 5.32 Å². The largest absolute Gasteiger partial charge is 0.365 e. The van der Waals surface area contributed by atoms with Gasteiger partial charge in [-0.15, -0.1) is 0 Å². The molecule has 2 atom stereocenters. The molecular weight excluding hydrogens is 308 g/mol. The Morgan fingerprint density at radius 1 is 1.56 bits per heavy atom. The van der Waals surface area contributed by atoms with Crippen molar-refractivity contribution < 1.29 is 0 Å². The van der Waals surface area contributed by atoms with E-state index >= 15 is 0 Å². The van der Waals surface area contributed by atoms with Gasteiger partial charge in [0.2, 0.25) is 0 Å². The molecule has 1 N–H and O–H groups in total. The van der Waals surface area contributed by atoms with E-state index in [1.165, 1.54) is 19.3 Å². The van der Waals surface area contributed by atoms with Gasteiger partial charge in [0.1, 0.15) is 5.82 Å². The number of rotatable bonds is 3. The number of halogens is 2. The van der Waals surface area contributed by atoms with Crippen LogP contribution < -0.4 is 5.32 Å². The summed E-state index contributed by atoms with van der Waals surface area (Å²) in [6, 6.07) is 2.40. The molecule has 16 heavy (non-hydrogen) atoms. The van der Waals surface area contributed by atoms with Crippen LogP contribution in [0.15, 0.2) is 16.7 Å². The van der Waals surface area contributed by atoms with E-state index in [1.54, 1.807) is 6.20 Å². The zero-order valence-electron chi connectivity index (χ0n) is 9.04. The highest BCUT2D eigenvalue weighted by Crippen LogP contribution is 2.32. The van der Waals surface area contributed by atoms with Crippen molar-refractivity contribution in [2.24, 2.45) is 0 Å². The van der Waals surface area contributed by atoms with Gasteiger partial charge in [0, 0.05) is 17.5 Å². The highest BCUT2D eigenvalue weighted by Gasteiger charge is 2.26. The Hall–Kier alpha value is 0.0700. The van der Waals surface area contributed by atoms with Gasteiger partial charge in [-0.25, -0.2) is 4.98 Å². The molecule has 1 heterocycles. The fourth-order valence-corrected chi connectivity index (χ4v) is 3.76. The highest BCUT2D eigenvalue weighted by molar-refractivity contribution is 9.10. The van der Waals surface area contributed by atoms with Crippen LogP contribution in [0.5, 0.6) is 0 Å². The van der Waals surface area contributed by atoms with E-state index in [2.05, 4.69) is 32.5 Å². The maximum absolute atomic E-state index is 5.87. The van der Waals surface area contributed by atoms with Crippen LogP contribution in [-0.4, -0.2) is 22.5 Å². The van der Waals surface area contributed by atoms with E-state index in [0.717, 1.165) is 10.3 Å². The molecule has 1 fully saturated rings. The quantitative estimate of drug-likeness (QED) is 0.903. The molecule has 0 radical (unpaired) electrons. The number of aromatic nitrogens is 1. The van der Waals surface area contributed by atoms with Crippen molar-refractivity contribution in [1.29, 1.82) is 0 Å². The summed E-state index contributed by atoms with van der Waals surface area (Å²) < 4.78 is 0.937. The lowest BCUT2D eigenvalue weighted by atomic mass is 10.2. The van der Waals surface area contributed by atoms with Gasteiger partial charge in [-0.05, 0) is 41.1 Å². The monoisotopic (exact) mass is 320 g/mol. The maximum atomic E-state index is 5.87. The van der Waals surface area contributed by atoms with Crippen molar-refractivity contribution in [3.05, 3.63) is 21.8 Å². The first-order valence-electron chi connectivity index (χ1n) is 5.31. The summed E-state index contributed by atoms with van der Waals surface area (Å²) in [7, 11) is 0. The van der Waals surface area contributed by atoms with Crippen molar-refractivity contribution in [3.63, 3.8) is 0 Å². The van der Waals surface area contributed by atoms with Gasteiger partial charge in [-0.2, -0.15) is 11.8 Å². The van der Waals surface area contributed by atoms with Crippen LogP contribution in [0.3, 0.4) is 0 Å². The first-order valence-corrected chi connectivity index (χ1v) is 7.77. The molecule has 2 unspecified atom stereocenters. The molecule has 5 heteroatoms. The van der Waals surface area contributed by atoms with Crippen molar-refractivity contribution >= 4 is 45.1 Å². The second-order valence-corrected chi connectivity index (χ2v) is 6.31. The van der Waals surface area contributed by atoms with Crippen LogP contribution in [0.2, 0.25) is 5.02 Å². The summed E-state index contributed by atoms with van der Waals surface area (Å²) in [5.74, 6) is 0.898. The number of pyridine rings is 1. The van der Waals surface area contributed by atoms with Crippen LogP contribution in [0.4, 0.5) is 5.82 Å². The lowest BCUT2D eigenvalue weighted by Gasteiger charge is -2.20. The first kappa shape index (κ1) is 12.5. The molecule has 88 valence electrons. The summed E-state index contributed by atoms with van der Waals surface area (Å²) >= 11 is 11.3. The first-order chi connectivity index (χ1) is 7.70. The highest BCUT2D eigenvalue weighted by atomic mass is 79.9. The summed E-state index contributed by atoms with van der Waals surface area (Å²) in [4.78, 5) is 4.31. The molecular formula is C11H14BrClN2S. The summed E-state index contributed by atoms with van der Waals surface area (Å²) in [5, 5.41) is 4.86. The summed E-state index contributed by atoms with van der Waals surface area (Å²) in [6.07, 6.45) is 7.67. The SMILES string of the molecule is CSC1CCCC1Nc1ncc(Cl)cc1Br. The smallest absolute Gasteiger partial charge is 0.140 e. The Morgan fingerprint density at radius 2 is 2.38 bits per heavy atom. The van der Waals surface area contributed by atoms with Gasteiger partial charge in [0.25, 0.3) is 0 Å². The Labute approximate surface area is 114 Å². The predicted molar refractivity (Wildman–Crippen MR) is 75.5 cm³/mol. The third-order valence-corrected chi connectivity index (χ3v) is 4.87. The molecule has 1 aliphatic rings. The lowest BCUT2D eigenvalue weighted by molar-refractivity contribution is 0.762. The molecule has 0 spiro atoms. The van der Waals surface area contributed by atoms with Gasteiger partial charge in [0.05, 0.1) is 9.50 Å². The molecule has 0 aliphatic heterocycles. The van der Waals surface area contributed by atoms with Crippen LogP contribution in [0.25, 0.3) is 0 Å². The number of thioether (sulfide) groups is 1. The van der Waals surface area contributed by atoms with Gasteiger partial charge >= 0.3 is 0 Å². The summed E-state index contributed by atoms with van der Waals surface area (Å²) in [6.45, 7) is 0. The van der Waals surface area contributed by atoms with E-state index in [-0.39, 0.29) is 0 Å².